The molecule has 1 saturated heterocycles. The zero-order chi connectivity index (χ0) is 12.5. The van der Waals surface area contributed by atoms with E-state index in [0.29, 0.717) is 11.9 Å². The van der Waals surface area contributed by atoms with Crippen LogP contribution in [0.2, 0.25) is 0 Å². The minimum absolute atomic E-state index is 0.575. The lowest BCUT2D eigenvalue weighted by Gasteiger charge is -2.14. The molecule has 0 unspecified atom stereocenters. The number of rotatable bonds is 7. The summed E-state index contributed by atoms with van der Waals surface area (Å²) in [5.41, 5.74) is 5.75. The molecule has 17 heavy (non-hydrogen) atoms. The third kappa shape index (κ3) is 7.21. The van der Waals surface area contributed by atoms with Gasteiger partial charge < -0.3 is 16.0 Å². The molecule has 0 atom stereocenters. The van der Waals surface area contributed by atoms with E-state index in [0.717, 1.165) is 13.1 Å². The Morgan fingerprint density at radius 3 is 2.65 bits per heavy atom. The highest BCUT2D eigenvalue weighted by Crippen LogP contribution is 2.07. The van der Waals surface area contributed by atoms with Gasteiger partial charge in [0.1, 0.15) is 0 Å². The van der Waals surface area contributed by atoms with E-state index in [-0.39, 0.29) is 0 Å². The Kier molecular flexibility index (Phi) is 7.01. The van der Waals surface area contributed by atoms with Crippen molar-refractivity contribution in [1.29, 1.82) is 0 Å². The maximum atomic E-state index is 5.75. The summed E-state index contributed by atoms with van der Waals surface area (Å²) < 4.78 is 0. The van der Waals surface area contributed by atoms with Crippen molar-refractivity contribution in [2.75, 3.05) is 32.7 Å². The van der Waals surface area contributed by atoms with Gasteiger partial charge in [-0.15, -0.1) is 0 Å². The zero-order valence-corrected chi connectivity index (χ0v) is 11.4. The molecule has 0 aromatic rings. The first-order chi connectivity index (χ1) is 8.18. The van der Waals surface area contributed by atoms with Gasteiger partial charge in [-0.25, -0.2) is 0 Å². The first-order valence-electron chi connectivity index (χ1n) is 6.94. The van der Waals surface area contributed by atoms with Gasteiger partial charge in [-0.1, -0.05) is 13.8 Å². The monoisotopic (exact) mass is 240 g/mol. The smallest absolute Gasteiger partial charge is 0.188 e. The molecule has 4 nitrogen and oxygen atoms in total. The Bertz CT molecular complexity index is 219. The summed E-state index contributed by atoms with van der Waals surface area (Å²) in [6, 6.07) is 0. The minimum atomic E-state index is 0.575. The van der Waals surface area contributed by atoms with Crippen LogP contribution in [0.25, 0.3) is 0 Å². The van der Waals surface area contributed by atoms with E-state index in [1.807, 2.05) is 0 Å². The fourth-order valence-corrected chi connectivity index (χ4v) is 2.02. The zero-order valence-electron chi connectivity index (χ0n) is 11.4. The first-order valence-corrected chi connectivity index (χ1v) is 6.94. The summed E-state index contributed by atoms with van der Waals surface area (Å²) in [5.74, 6) is 1.17. The molecule has 3 N–H and O–H groups in total. The standard InChI is InChI=1S/C13H28N4/c1-12(2)11-16-13(14)15-7-3-4-8-17-9-5-6-10-17/h12H,3-11H2,1-2H3,(H3,14,15,16). The van der Waals surface area contributed by atoms with Crippen LogP contribution >= 0.6 is 0 Å². The average Bonchev–Trinajstić information content (AvgIpc) is 2.79. The van der Waals surface area contributed by atoms with Gasteiger partial charge in [0.05, 0.1) is 0 Å². The Morgan fingerprint density at radius 2 is 2.00 bits per heavy atom. The van der Waals surface area contributed by atoms with Gasteiger partial charge in [-0.2, -0.15) is 0 Å². The normalized spacial score (nSPS) is 17.9. The minimum Gasteiger partial charge on any atom is -0.370 e. The fourth-order valence-electron chi connectivity index (χ4n) is 2.02. The summed E-state index contributed by atoms with van der Waals surface area (Å²) in [6.07, 6.45) is 5.19. The highest BCUT2D eigenvalue weighted by atomic mass is 15.1. The van der Waals surface area contributed by atoms with Crippen LogP contribution in [0.1, 0.15) is 39.5 Å². The number of hydrogen-bond donors (Lipinski definition) is 2. The number of unbranched alkanes of at least 4 members (excludes halogenated alkanes) is 1. The topological polar surface area (TPSA) is 53.6 Å². The van der Waals surface area contributed by atoms with Gasteiger partial charge in [0.2, 0.25) is 0 Å². The Hall–Kier alpha value is -0.770. The molecule has 4 heteroatoms. The highest BCUT2D eigenvalue weighted by molar-refractivity contribution is 5.77. The molecular formula is C13H28N4. The molecular weight excluding hydrogens is 212 g/mol. The molecule has 1 fully saturated rings. The summed E-state index contributed by atoms with van der Waals surface area (Å²) in [5, 5.41) is 3.17. The molecule has 0 bridgehead atoms. The SMILES string of the molecule is CC(C)CN=C(N)NCCCCN1CCCC1. The van der Waals surface area contributed by atoms with Crippen molar-refractivity contribution in [2.24, 2.45) is 16.6 Å². The van der Waals surface area contributed by atoms with Crippen molar-refractivity contribution in [3.63, 3.8) is 0 Å². The van der Waals surface area contributed by atoms with Crippen molar-refractivity contribution >= 4 is 5.96 Å². The van der Waals surface area contributed by atoms with Crippen LogP contribution in [0.4, 0.5) is 0 Å². The van der Waals surface area contributed by atoms with E-state index < -0.39 is 0 Å². The van der Waals surface area contributed by atoms with Crippen LogP contribution in [0.3, 0.4) is 0 Å². The maximum Gasteiger partial charge on any atom is 0.188 e. The molecule has 0 spiro atoms. The second-order valence-electron chi connectivity index (χ2n) is 5.30. The maximum absolute atomic E-state index is 5.75. The number of nitrogens with two attached hydrogens (primary N) is 1. The number of nitrogens with one attached hydrogen (secondary N) is 1. The number of aliphatic imine (C=N–C) groups is 1. The molecule has 0 amide bonds. The van der Waals surface area contributed by atoms with E-state index in [1.54, 1.807) is 0 Å². The van der Waals surface area contributed by atoms with Gasteiger partial charge in [0.15, 0.2) is 5.96 Å². The summed E-state index contributed by atoms with van der Waals surface area (Å²) in [7, 11) is 0. The molecule has 1 heterocycles. The number of likely N-dealkylation sites (tertiary alicyclic amines) is 1. The Balaban J connectivity index is 1.94. The van der Waals surface area contributed by atoms with Crippen molar-refractivity contribution in [3.8, 4) is 0 Å². The molecule has 1 aliphatic heterocycles. The van der Waals surface area contributed by atoms with Crippen molar-refractivity contribution in [1.82, 2.24) is 10.2 Å². The molecule has 0 aliphatic carbocycles. The molecule has 0 aromatic carbocycles. The average molecular weight is 240 g/mol. The van der Waals surface area contributed by atoms with Crippen molar-refractivity contribution in [2.45, 2.75) is 39.5 Å². The quantitative estimate of drug-likeness (QED) is 0.402. The largest absolute Gasteiger partial charge is 0.370 e. The summed E-state index contributed by atoms with van der Waals surface area (Å²) in [4.78, 5) is 6.82. The van der Waals surface area contributed by atoms with Gasteiger partial charge in [0, 0.05) is 13.1 Å². The van der Waals surface area contributed by atoms with Gasteiger partial charge in [0.25, 0.3) is 0 Å². The van der Waals surface area contributed by atoms with Crippen LogP contribution in [0, 0.1) is 5.92 Å². The number of guanidine groups is 1. The number of hydrogen-bond acceptors (Lipinski definition) is 2. The van der Waals surface area contributed by atoms with Crippen molar-refractivity contribution < 1.29 is 0 Å². The second kappa shape index (κ2) is 8.34. The molecule has 0 aromatic heterocycles. The molecule has 1 rings (SSSR count). The Labute approximate surface area is 106 Å². The fraction of sp³-hybridized carbons (Fsp3) is 0.923. The van der Waals surface area contributed by atoms with E-state index in [1.165, 1.54) is 45.3 Å². The van der Waals surface area contributed by atoms with Gasteiger partial charge in [-0.3, -0.25) is 4.99 Å². The lowest BCUT2D eigenvalue weighted by atomic mass is 10.2. The van der Waals surface area contributed by atoms with Crippen LogP contribution in [-0.4, -0.2) is 43.6 Å². The second-order valence-corrected chi connectivity index (χ2v) is 5.30. The van der Waals surface area contributed by atoms with E-state index in [2.05, 4.69) is 29.1 Å². The van der Waals surface area contributed by atoms with Crippen LogP contribution in [0.5, 0.6) is 0 Å². The first kappa shape index (κ1) is 14.3. The Morgan fingerprint density at radius 1 is 1.29 bits per heavy atom. The van der Waals surface area contributed by atoms with Crippen LogP contribution in [-0.2, 0) is 0 Å². The molecule has 0 radical (unpaired) electrons. The predicted molar refractivity (Wildman–Crippen MR) is 74.2 cm³/mol. The highest BCUT2D eigenvalue weighted by Gasteiger charge is 2.09. The lowest BCUT2D eigenvalue weighted by Crippen LogP contribution is -2.33. The van der Waals surface area contributed by atoms with Gasteiger partial charge >= 0.3 is 0 Å². The lowest BCUT2D eigenvalue weighted by molar-refractivity contribution is 0.330. The predicted octanol–water partition coefficient (Wildman–Crippen LogP) is 1.42. The molecule has 0 saturated carbocycles. The van der Waals surface area contributed by atoms with Crippen LogP contribution < -0.4 is 11.1 Å². The molecule has 1 aliphatic rings. The summed E-state index contributed by atoms with van der Waals surface area (Å²) >= 11 is 0. The van der Waals surface area contributed by atoms with E-state index >= 15 is 0 Å². The summed E-state index contributed by atoms with van der Waals surface area (Å²) in [6.45, 7) is 9.88. The number of nitrogens with zero attached hydrogens (tertiary/aromatic N) is 2. The van der Waals surface area contributed by atoms with Gasteiger partial charge in [-0.05, 0) is 51.2 Å². The van der Waals surface area contributed by atoms with E-state index in [9.17, 15) is 0 Å². The van der Waals surface area contributed by atoms with Crippen LogP contribution in [0.15, 0.2) is 4.99 Å². The van der Waals surface area contributed by atoms with Crippen molar-refractivity contribution in [3.05, 3.63) is 0 Å². The van der Waals surface area contributed by atoms with E-state index in [4.69, 9.17) is 5.73 Å². The molecule has 100 valence electrons. The third-order valence-electron chi connectivity index (χ3n) is 3.03. The third-order valence-corrected chi connectivity index (χ3v) is 3.03.